The predicted molar refractivity (Wildman–Crippen MR) is 76.7 cm³/mol. The van der Waals surface area contributed by atoms with E-state index in [-0.39, 0.29) is 12.0 Å². The molecule has 0 aliphatic carbocycles. The quantitative estimate of drug-likeness (QED) is 0.710. The highest BCUT2D eigenvalue weighted by molar-refractivity contribution is 7.98. The van der Waals surface area contributed by atoms with Crippen molar-refractivity contribution in [3.05, 3.63) is 35.9 Å². The van der Waals surface area contributed by atoms with Gasteiger partial charge in [0.25, 0.3) is 0 Å². The SMILES string of the molecule is COC(=O)[C@@H](CCSC)N(C)Cc1ccccc1. The maximum Gasteiger partial charge on any atom is 0.323 e. The topological polar surface area (TPSA) is 29.5 Å². The van der Waals surface area contributed by atoms with Gasteiger partial charge < -0.3 is 4.74 Å². The van der Waals surface area contributed by atoms with Gasteiger partial charge in [-0.2, -0.15) is 11.8 Å². The second-order valence-electron chi connectivity index (χ2n) is 4.22. The van der Waals surface area contributed by atoms with Crippen LogP contribution in [-0.2, 0) is 16.1 Å². The molecule has 1 aromatic rings. The second kappa shape index (κ2) is 8.16. The molecule has 0 radical (unpaired) electrons. The third-order valence-corrected chi connectivity index (χ3v) is 3.52. The van der Waals surface area contributed by atoms with Crippen LogP contribution < -0.4 is 0 Å². The van der Waals surface area contributed by atoms with Gasteiger partial charge in [0.05, 0.1) is 7.11 Å². The van der Waals surface area contributed by atoms with E-state index in [2.05, 4.69) is 17.0 Å². The summed E-state index contributed by atoms with van der Waals surface area (Å²) in [6.07, 6.45) is 2.86. The summed E-state index contributed by atoms with van der Waals surface area (Å²) < 4.78 is 4.88. The first-order valence-corrected chi connectivity index (χ1v) is 7.39. The second-order valence-corrected chi connectivity index (χ2v) is 5.21. The summed E-state index contributed by atoms with van der Waals surface area (Å²) in [5, 5.41) is 0. The van der Waals surface area contributed by atoms with Gasteiger partial charge in [-0.25, -0.2) is 0 Å². The van der Waals surface area contributed by atoms with Crippen molar-refractivity contribution < 1.29 is 9.53 Å². The average molecular weight is 267 g/mol. The maximum atomic E-state index is 11.8. The van der Waals surface area contributed by atoms with Gasteiger partial charge in [0, 0.05) is 6.54 Å². The lowest BCUT2D eigenvalue weighted by molar-refractivity contribution is -0.146. The van der Waals surface area contributed by atoms with Crippen molar-refractivity contribution in [1.82, 2.24) is 4.90 Å². The number of thioether (sulfide) groups is 1. The fourth-order valence-corrected chi connectivity index (χ4v) is 2.32. The molecule has 0 heterocycles. The van der Waals surface area contributed by atoms with E-state index < -0.39 is 0 Å². The Labute approximate surface area is 114 Å². The van der Waals surface area contributed by atoms with Crippen molar-refractivity contribution in [3.63, 3.8) is 0 Å². The number of methoxy groups -OCH3 is 1. The summed E-state index contributed by atoms with van der Waals surface area (Å²) in [7, 11) is 3.42. The van der Waals surface area contributed by atoms with Crippen molar-refractivity contribution >= 4 is 17.7 Å². The maximum absolute atomic E-state index is 11.8. The monoisotopic (exact) mass is 267 g/mol. The van der Waals surface area contributed by atoms with Crippen molar-refractivity contribution in [1.29, 1.82) is 0 Å². The molecule has 1 aromatic carbocycles. The van der Waals surface area contributed by atoms with E-state index >= 15 is 0 Å². The van der Waals surface area contributed by atoms with Crippen LogP contribution in [0.2, 0.25) is 0 Å². The van der Waals surface area contributed by atoms with E-state index in [4.69, 9.17) is 4.74 Å². The fourth-order valence-electron chi connectivity index (χ4n) is 1.87. The Morgan fingerprint density at radius 1 is 1.39 bits per heavy atom. The highest BCUT2D eigenvalue weighted by Crippen LogP contribution is 2.12. The largest absolute Gasteiger partial charge is 0.468 e. The van der Waals surface area contributed by atoms with Crippen molar-refractivity contribution in [3.8, 4) is 0 Å². The molecule has 0 aromatic heterocycles. The van der Waals surface area contributed by atoms with Crippen LogP contribution in [0.4, 0.5) is 0 Å². The van der Waals surface area contributed by atoms with Crippen LogP contribution in [0.3, 0.4) is 0 Å². The number of likely N-dealkylation sites (N-methyl/N-ethyl adjacent to an activating group) is 1. The van der Waals surface area contributed by atoms with Gasteiger partial charge in [0.1, 0.15) is 6.04 Å². The van der Waals surface area contributed by atoms with Crippen LogP contribution in [0.1, 0.15) is 12.0 Å². The van der Waals surface area contributed by atoms with E-state index in [0.29, 0.717) is 0 Å². The van der Waals surface area contributed by atoms with E-state index in [1.54, 1.807) is 11.8 Å². The number of benzene rings is 1. The Kier molecular flexibility index (Phi) is 6.83. The van der Waals surface area contributed by atoms with Crippen LogP contribution in [0.25, 0.3) is 0 Å². The van der Waals surface area contributed by atoms with E-state index in [1.165, 1.54) is 12.7 Å². The number of esters is 1. The van der Waals surface area contributed by atoms with Crippen LogP contribution in [0, 0.1) is 0 Å². The Hall–Kier alpha value is -1.00. The molecule has 4 heteroatoms. The zero-order valence-corrected chi connectivity index (χ0v) is 12.1. The Morgan fingerprint density at radius 2 is 2.06 bits per heavy atom. The Balaban J connectivity index is 2.63. The smallest absolute Gasteiger partial charge is 0.323 e. The number of carbonyl (C=O) groups excluding carboxylic acids is 1. The molecular formula is C14H21NO2S. The zero-order valence-electron chi connectivity index (χ0n) is 11.3. The zero-order chi connectivity index (χ0) is 13.4. The van der Waals surface area contributed by atoms with Crippen LogP contribution in [0.5, 0.6) is 0 Å². The van der Waals surface area contributed by atoms with Gasteiger partial charge in [-0.05, 0) is 31.0 Å². The van der Waals surface area contributed by atoms with Gasteiger partial charge in [-0.1, -0.05) is 30.3 Å². The highest BCUT2D eigenvalue weighted by atomic mass is 32.2. The molecule has 0 amide bonds. The lowest BCUT2D eigenvalue weighted by Gasteiger charge is -2.25. The van der Waals surface area contributed by atoms with Crippen LogP contribution >= 0.6 is 11.8 Å². The molecular weight excluding hydrogens is 246 g/mol. The van der Waals surface area contributed by atoms with Gasteiger partial charge in [0.15, 0.2) is 0 Å². The highest BCUT2D eigenvalue weighted by Gasteiger charge is 2.23. The minimum Gasteiger partial charge on any atom is -0.468 e. The molecule has 0 N–H and O–H groups in total. The molecule has 3 nitrogen and oxygen atoms in total. The molecule has 0 unspecified atom stereocenters. The number of ether oxygens (including phenoxy) is 1. The van der Waals surface area contributed by atoms with Gasteiger partial charge in [0.2, 0.25) is 0 Å². The minimum absolute atomic E-state index is 0.150. The summed E-state index contributed by atoms with van der Waals surface area (Å²) in [5.41, 5.74) is 1.21. The lowest BCUT2D eigenvalue weighted by Crippen LogP contribution is -2.39. The third-order valence-electron chi connectivity index (χ3n) is 2.88. The van der Waals surface area contributed by atoms with E-state index in [1.807, 2.05) is 31.5 Å². The molecule has 0 spiro atoms. The molecule has 18 heavy (non-hydrogen) atoms. The summed E-state index contributed by atoms with van der Waals surface area (Å²) in [6.45, 7) is 0.759. The minimum atomic E-state index is -0.164. The number of carbonyl (C=O) groups is 1. The molecule has 0 aliphatic rings. The molecule has 0 fully saturated rings. The molecule has 0 saturated heterocycles. The Morgan fingerprint density at radius 3 is 2.61 bits per heavy atom. The number of rotatable bonds is 7. The van der Waals surface area contributed by atoms with Gasteiger partial charge in [-0.15, -0.1) is 0 Å². The average Bonchev–Trinajstić information content (AvgIpc) is 2.40. The normalized spacial score (nSPS) is 12.4. The molecule has 0 bridgehead atoms. The van der Waals surface area contributed by atoms with Gasteiger partial charge in [-0.3, -0.25) is 9.69 Å². The summed E-state index contributed by atoms with van der Waals surface area (Å²) in [4.78, 5) is 13.8. The van der Waals surface area contributed by atoms with Crippen molar-refractivity contribution in [2.24, 2.45) is 0 Å². The van der Waals surface area contributed by atoms with Gasteiger partial charge >= 0.3 is 5.97 Å². The third kappa shape index (κ3) is 4.70. The first-order valence-electron chi connectivity index (χ1n) is 6.00. The Bertz CT molecular complexity index is 356. The molecule has 0 saturated carbocycles. The first kappa shape index (κ1) is 15.1. The molecule has 1 atom stereocenters. The number of nitrogens with zero attached hydrogens (tertiary/aromatic N) is 1. The van der Waals surface area contributed by atoms with Crippen LogP contribution in [0.15, 0.2) is 30.3 Å². The molecule has 0 aliphatic heterocycles. The van der Waals surface area contributed by atoms with E-state index in [0.717, 1.165) is 18.7 Å². The van der Waals surface area contributed by atoms with E-state index in [9.17, 15) is 4.79 Å². The van der Waals surface area contributed by atoms with Crippen molar-refractivity contribution in [2.75, 3.05) is 26.2 Å². The van der Waals surface area contributed by atoms with Crippen molar-refractivity contribution in [2.45, 2.75) is 19.0 Å². The summed E-state index contributed by atoms with van der Waals surface area (Å²) >= 11 is 1.75. The number of hydrogen-bond donors (Lipinski definition) is 0. The lowest BCUT2D eigenvalue weighted by atomic mass is 10.1. The molecule has 1 rings (SSSR count). The fraction of sp³-hybridized carbons (Fsp3) is 0.500. The summed E-state index contributed by atoms with van der Waals surface area (Å²) in [6, 6.07) is 9.99. The number of hydrogen-bond acceptors (Lipinski definition) is 4. The standard InChI is InChI=1S/C14H21NO2S/c1-15(11-12-7-5-4-6-8-12)13(9-10-18-3)14(16)17-2/h4-8,13H,9-11H2,1-3H3/t13-/m1/s1. The first-order chi connectivity index (χ1) is 8.69. The molecule has 100 valence electrons. The van der Waals surface area contributed by atoms with Crippen LogP contribution in [-0.4, -0.2) is 43.1 Å². The predicted octanol–water partition coefficient (Wildman–Crippen LogP) is 2.41. The summed E-state index contributed by atoms with van der Waals surface area (Å²) in [5.74, 6) is 0.807.